The molecular formula is C11H18F3NO2. The van der Waals surface area contributed by atoms with Crippen LogP contribution >= 0.6 is 0 Å². The van der Waals surface area contributed by atoms with Crippen LogP contribution in [0.15, 0.2) is 0 Å². The molecule has 2 N–H and O–H groups in total. The fourth-order valence-electron chi connectivity index (χ4n) is 2.13. The highest BCUT2D eigenvalue weighted by molar-refractivity contribution is 5.79. The largest absolute Gasteiger partial charge is 0.394 e. The summed E-state index contributed by atoms with van der Waals surface area (Å²) >= 11 is 0. The molecule has 6 heteroatoms. The Balaban J connectivity index is 2.52. The molecular weight excluding hydrogens is 235 g/mol. The summed E-state index contributed by atoms with van der Waals surface area (Å²) in [5.41, 5.74) is 0. The third kappa shape index (κ3) is 4.18. The maximum absolute atomic E-state index is 12.5. The predicted octanol–water partition coefficient (Wildman–Crippen LogP) is 1.85. The number of halogens is 3. The fraction of sp³-hybridized carbons (Fsp3) is 0.909. The lowest BCUT2D eigenvalue weighted by Crippen LogP contribution is -2.42. The third-order valence-electron chi connectivity index (χ3n) is 3.17. The first-order valence-corrected chi connectivity index (χ1v) is 5.82. The van der Waals surface area contributed by atoms with Gasteiger partial charge in [0.05, 0.1) is 12.5 Å². The molecule has 1 aliphatic carbocycles. The Labute approximate surface area is 98.4 Å². The topological polar surface area (TPSA) is 49.3 Å². The predicted molar refractivity (Wildman–Crippen MR) is 56.2 cm³/mol. The Morgan fingerprint density at radius 1 is 1.47 bits per heavy atom. The maximum atomic E-state index is 12.5. The molecule has 17 heavy (non-hydrogen) atoms. The Hall–Kier alpha value is -0.780. The second kappa shape index (κ2) is 5.71. The van der Waals surface area contributed by atoms with Crippen molar-refractivity contribution in [3.63, 3.8) is 0 Å². The van der Waals surface area contributed by atoms with E-state index in [0.717, 1.165) is 0 Å². The lowest BCUT2D eigenvalue weighted by molar-refractivity contribution is -0.186. The molecule has 0 radical (unpaired) electrons. The van der Waals surface area contributed by atoms with Gasteiger partial charge in [-0.05, 0) is 26.2 Å². The third-order valence-corrected chi connectivity index (χ3v) is 3.17. The Morgan fingerprint density at radius 3 is 2.65 bits per heavy atom. The first kappa shape index (κ1) is 14.3. The van der Waals surface area contributed by atoms with Crippen molar-refractivity contribution in [1.29, 1.82) is 0 Å². The first-order chi connectivity index (χ1) is 7.84. The van der Waals surface area contributed by atoms with Crippen molar-refractivity contribution >= 4 is 5.91 Å². The van der Waals surface area contributed by atoms with Crippen LogP contribution in [0.4, 0.5) is 13.2 Å². The molecule has 0 saturated heterocycles. The number of hydrogen-bond acceptors (Lipinski definition) is 2. The molecule has 0 heterocycles. The van der Waals surface area contributed by atoms with E-state index in [1.165, 1.54) is 0 Å². The van der Waals surface area contributed by atoms with Crippen LogP contribution in [-0.2, 0) is 4.79 Å². The van der Waals surface area contributed by atoms with Crippen molar-refractivity contribution in [3.05, 3.63) is 0 Å². The van der Waals surface area contributed by atoms with Crippen LogP contribution in [0.5, 0.6) is 0 Å². The maximum Gasteiger partial charge on any atom is 0.391 e. The first-order valence-electron chi connectivity index (χ1n) is 5.82. The summed E-state index contributed by atoms with van der Waals surface area (Å²) in [4.78, 5) is 11.7. The minimum atomic E-state index is -4.21. The van der Waals surface area contributed by atoms with Crippen LogP contribution in [0.25, 0.3) is 0 Å². The molecule has 3 nitrogen and oxygen atoms in total. The number of carbonyl (C=O) groups is 1. The molecule has 0 aliphatic heterocycles. The van der Waals surface area contributed by atoms with Crippen LogP contribution < -0.4 is 5.32 Å². The van der Waals surface area contributed by atoms with E-state index in [1.54, 1.807) is 6.92 Å². The van der Waals surface area contributed by atoms with Crippen molar-refractivity contribution in [2.75, 3.05) is 6.61 Å². The van der Waals surface area contributed by atoms with Gasteiger partial charge in [0.25, 0.3) is 0 Å². The smallest absolute Gasteiger partial charge is 0.391 e. The number of hydrogen-bond donors (Lipinski definition) is 2. The van der Waals surface area contributed by atoms with Crippen molar-refractivity contribution < 1.29 is 23.1 Å². The number of nitrogens with one attached hydrogen (secondary N) is 1. The van der Waals surface area contributed by atoms with Crippen LogP contribution in [0.1, 0.15) is 32.6 Å². The highest BCUT2D eigenvalue weighted by Gasteiger charge is 2.43. The molecule has 0 spiro atoms. The molecule has 1 rings (SSSR count). The van der Waals surface area contributed by atoms with Gasteiger partial charge in [-0.1, -0.05) is 6.42 Å². The zero-order valence-corrected chi connectivity index (χ0v) is 9.76. The summed E-state index contributed by atoms with van der Waals surface area (Å²) in [5.74, 6) is -2.32. The SMILES string of the molecule is C[C@@H](CO)NC(=O)C1CCCC(C(F)(F)F)C1. The lowest BCUT2D eigenvalue weighted by atomic mass is 9.80. The monoisotopic (exact) mass is 253 g/mol. The summed E-state index contributed by atoms with van der Waals surface area (Å²) in [6.07, 6.45) is -3.30. The van der Waals surface area contributed by atoms with Gasteiger partial charge >= 0.3 is 6.18 Å². The summed E-state index contributed by atoms with van der Waals surface area (Å²) in [7, 11) is 0. The molecule has 1 amide bonds. The van der Waals surface area contributed by atoms with Gasteiger partial charge in [0, 0.05) is 12.0 Å². The van der Waals surface area contributed by atoms with Gasteiger partial charge in [-0.15, -0.1) is 0 Å². The van der Waals surface area contributed by atoms with E-state index in [1.807, 2.05) is 0 Å². The molecule has 0 aromatic carbocycles. The lowest BCUT2D eigenvalue weighted by Gasteiger charge is -2.30. The Morgan fingerprint density at radius 2 is 2.12 bits per heavy atom. The van der Waals surface area contributed by atoms with Crippen molar-refractivity contribution in [1.82, 2.24) is 5.32 Å². The molecule has 1 fully saturated rings. The molecule has 100 valence electrons. The molecule has 0 aromatic heterocycles. The van der Waals surface area contributed by atoms with E-state index in [9.17, 15) is 18.0 Å². The van der Waals surface area contributed by atoms with Crippen molar-refractivity contribution in [3.8, 4) is 0 Å². The van der Waals surface area contributed by atoms with Gasteiger partial charge < -0.3 is 10.4 Å². The van der Waals surface area contributed by atoms with Crippen LogP contribution in [0.2, 0.25) is 0 Å². The van der Waals surface area contributed by atoms with Crippen LogP contribution in [0, 0.1) is 11.8 Å². The summed E-state index contributed by atoms with van der Waals surface area (Å²) in [5, 5.41) is 11.3. The number of amides is 1. The van der Waals surface area contributed by atoms with Gasteiger partial charge in [0.15, 0.2) is 0 Å². The van der Waals surface area contributed by atoms with Gasteiger partial charge in [-0.2, -0.15) is 13.2 Å². The number of rotatable bonds is 3. The van der Waals surface area contributed by atoms with E-state index in [2.05, 4.69) is 5.32 Å². The van der Waals surface area contributed by atoms with E-state index in [-0.39, 0.29) is 25.4 Å². The minimum Gasteiger partial charge on any atom is -0.394 e. The van der Waals surface area contributed by atoms with Gasteiger partial charge in [-0.25, -0.2) is 0 Å². The van der Waals surface area contributed by atoms with Gasteiger partial charge in [0.1, 0.15) is 0 Å². The number of aliphatic hydroxyl groups is 1. The Kier molecular flexibility index (Phi) is 4.80. The standard InChI is InChI=1S/C11H18F3NO2/c1-7(6-16)15-10(17)8-3-2-4-9(5-8)11(12,13)14/h7-9,16H,2-6H2,1H3,(H,15,17)/t7-,8?,9?/m0/s1. The van der Waals surface area contributed by atoms with Crippen molar-refractivity contribution in [2.24, 2.45) is 11.8 Å². The van der Waals surface area contributed by atoms with Crippen molar-refractivity contribution in [2.45, 2.75) is 44.8 Å². The van der Waals surface area contributed by atoms with Gasteiger partial charge in [-0.3, -0.25) is 4.79 Å². The van der Waals surface area contributed by atoms with E-state index >= 15 is 0 Å². The van der Waals surface area contributed by atoms with Crippen LogP contribution in [0.3, 0.4) is 0 Å². The van der Waals surface area contributed by atoms with Gasteiger partial charge in [0.2, 0.25) is 5.91 Å². The average molecular weight is 253 g/mol. The number of alkyl halides is 3. The summed E-state index contributed by atoms with van der Waals surface area (Å²) in [6.45, 7) is 1.41. The summed E-state index contributed by atoms with van der Waals surface area (Å²) < 4.78 is 37.6. The summed E-state index contributed by atoms with van der Waals surface area (Å²) in [6, 6.07) is -0.409. The number of carbonyl (C=O) groups excluding carboxylic acids is 1. The highest BCUT2D eigenvalue weighted by Crippen LogP contribution is 2.39. The quantitative estimate of drug-likeness (QED) is 0.806. The highest BCUT2D eigenvalue weighted by atomic mass is 19.4. The van der Waals surface area contributed by atoms with E-state index in [4.69, 9.17) is 5.11 Å². The number of aliphatic hydroxyl groups excluding tert-OH is 1. The van der Waals surface area contributed by atoms with E-state index < -0.39 is 24.1 Å². The average Bonchev–Trinajstić information content (AvgIpc) is 2.28. The second-order valence-corrected chi connectivity index (χ2v) is 4.69. The fourth-order valence-corrected chi connectivity index (χ4v) is 2.13. The molecule has 1 saturated carbocycles. The van der Waals surface area contributed by atoms with E-state index in [0.29, 0.717) is 12.8 Å². The zero-order chi connectivity index (χ0) is 13.1. The molecule has 0 bridgehead atoms. The normalized spacial score (nSPS) is 27.6. The molecule has 2 unspecified atom stereocenters. The molecule has 1 aliphatic rings. The second-order valence-electron chi connectivity index (χ2n) is 4.69. The zero-order valence-electron chi connectivity index (χ0n) is 9.76. The molecule has 0 aromatic rings. The van der Waals surface area contributed by atoms with Crippen LogP contribution in [-0.4, -0.2) is 29.8 Å². The minimum absolute atomic E-state index is 0.114. The Bertz CT molecular complexity index is 268. The molecule has 3 atom stereocenters.